The number of fused-ring (bicyclic) bond motifs is 1. The second-order valence-corrected chi connectivity index (χ2v) is 6.86. The van der Waals surface area contributed by atoms with Gasteiger partial charge in [-0.2, -0.15) is 5.10 Å². The number of carbonyl (C=O) groups excluding carboxylic acids is 1. The first-order valence-corrected chi connectivity index (χ1v) is 8.85. The van der Waals surface area contributed by atoms with Gasteiger partial charge in [-0.05, 0) is 26.3 Å². The molecule has 128 valence electrons. The molecule has 1 aliphatic rings. The van der Waals surface area contributed by atoms with E-state index in [2.05, 4.69) is 34.3 Å². The molecule has 0 radical (unpaired) electrons. The monoisotopic (exact) mass is 347 g/mol. The van der Waals surface area contributed by atoms with Gasteiger partial charge in [0.1, 0.15) is 11.2 Å². The van der Waals surface area contributed by atoms with Crippen LogP contribution in [0.5, 0.6) is 0 Å². The van der Waals surface area contributed by atoms with Crippen molar-refractivity contribution in [1.29, 1.82) is 0 Å². The molecule has 0 spiro atoms. The van der Waals surface area contributed by atoms with Gasteiger partial charge in [0, 0.05) is 36.5 Å². The van der Waals surface area contributed by atoms with Crippen LogP contribution in [-0.4, -0.2) is 46.4 Å². The SMILES string of the molecule is CCOC(=O)N1CCC(=NNc2ncnc3sc(C)c(C)c23)CC1. The second kappa shape index (κ2) is 7.12. The summed E-state index contributed by atoms with van der Waals surface area (Å²) >= 11 is 1.66. The third kappa shape index (κ3) is 3.33. The zero-order valence-corrected chi connectivity index (χ0v) is 14.9. The molecule has 0 unspecified atom stereocenters. The fourth-order valence-electron chi connectivity index (χ4n) is 2.67. The van der Waals surface area contributed by atoms with Crippen molar-refractivity contribution in [1.82, 2.24) is 14.9 Å². The van der Waals surface area contributed by atoms with Gasteiger partial charge in [-0.1, -0.05) is 0 Å². The van der Waals surface area contributed by atoms with Crippen molar-refractivity contribution in [2.24, 2.45) is 5.10 Å². The highest BCUT2D eigenvalue weighted by Crippen LogP contribution is 2.32. The Morgan fingerprint density at radius 2 is 2.12 bits per heavy atom. The summed E-state index contributed by atoms with van der Waals surface area (Å²) in [6.45, 7) is 7.65. The van der Waals surface area contributed by atoms with E-state index in [-0.39, 0.29) is 6.09 Å². The summed E-state index contributed by atoms with van der Waals surface area (Å²) in [6.07, 6.45) is 2.79. The van der Waals surface area contributed by atoms with Crippen LogP contribution in [0.15, 0.2) is 11.4 Å². The number of piperidine rings is 1. The van der Waals surface area contributed by atoms with Crippen molar-refractivity contribution >= 4 is 39.2 Å². The Balaban J connectivity index is 1.68. The van der Waals surface area contributed by atoms with Crippen molar-refractivity contribution in [3.8, 4) is 0 Å². The number of aromatic nitrogens is 2. The van der Waals surface area contributed by atoms with Crippen LogP contribution in [0.25, 0.3) is 10.2 Å². The number of nitrogens with zero attached hydrogens (tertiary/aromatic N) is 4. The van der Waals surface area contributed by atoms with Crippen molar-refractivity contribution in [2.45, 2.75) is 33.6 Å². The highest BCUT2D eigenvalue weighted by molar-refractivity contribution is 7.18. The maximum absolute atomic E-state index is 11.7. The van der Waals surface area contributed by atoms with E-state index in [1.807, 2.05) is 6.92 Å². The highest BCUT2D eigenvalue weighted by Gasteiger charge is 2.21. The summed E-state index contributed by atoms with van der Waals surface area (Å²) in [5, 5.41) is 5.53. The molecule has 1 saturated heterocycles. The van der Waals surface area contributed by atoms with Crippen LogP contribution in [0.3, 0.4) is 0 Å². The lowest BCUT2D eigenvalue weighted by Gasteiger charge is -2.26. The van der Waals surface area contributed by atoms with Crippen LogP contribution in [0, 0.1) is 13.8 Å². The summed E-state index contributed by atoms with van der Waals surface area (Å²) < 4.78 is 5.03. The van der Waals surface area contributed by atoms with E-state index in [4.69, 9.17) is 4.74 Å². The predicted octanol–water partition coefficient (Wildman–Crippen LogP) is 3.33. The molecule has 2 aromatic heterocycles. The van der Waals surface area contributed by atoms with Gasteiger partial charge in [0.2, 0.25) is 0 Å². The summed E-state index contributed by atoms with van der Waals surface area (Å²) in [4.78, 5) is 24.3. The van der Waals surface area contributed by atoms with Crippen molar-refractivity contribution in [3.63, 3.8) is 0 Å². The third-order valence-corrected chi connectivity index (χ3v) is 5.27. The quantitative estimate of drug-likeness (QED) is 0.862. The van der Waals surface area contributed by atoms with E-state index in [9.17, 15) is 4.79 Å². The van der Waals surface area contributed by atoms with Crippen LogP contribution in [0.2, 0.25) is 0 Å². The average Bonchev–Trinajstić information content (AvgIpc) is 2.89. The van der Waals surface area contributed by atoms with Crippen LogP contribution >= 0.6 is 11.3 Å². The minimum atomic E-state index is -0.244. The molecule has 24 heavy (non-hydrogen) atoms. The summed E-state index contributed by atoms with van der Waals surface area (Å²) in [5.41, 5.74) is 5.31. The number of anilines is 1. The molecule has 0 atom stereocenters. The van der Waals surface area contributed by atoms with Gasteiger partial charge in [0.05, 0.1) is 12.0 Å². The third-order valence-electron chi connectivity index (χ3n) is 4.15. The fourth-order valence-corrected chi connectivity index (χ4v) is 3.67. The number of amides is 1. The summed E-state index contributed by atoms with van der Waals surface area (Å²) in [7, 11) is 0. The molecular weight excluding hydrogens is 326 g/mol. The second-order valence-electron chi connectivity index (χ2n) is 5.66. The van der Waals surface area contributed by atoms with Crippen LogP contribution in [0.4, 0.5) is 10.6 Å². The number of ether oxygens (including phenoxy) is 1. The Hall–Kier alpha value is -2.22. The number of rotatable bonds is 3. The molecule has 3 heterocycles. The summed E-state index contributed by atoms with van der Waals surface area (Å²) in [6, 6.07) is 0. The minimum Gasteiger partial charge on any atom is -0.450 e. The molecule has 3 rings (SSSR count). The van der Waals surface area contributed by atoms with Gasteiger partial charge in [-0.3, -0.25) is 5.43 Å². The number of likely N-dealkylation sites (tertiary alicyclic amines) is 1. The van der Waals surface area contributed by atoms with Crippen LogP contribution < -0.4 is 5.43 Å². The van der Waals surface area contributed by atoms with E-state index in [0.717, 1.165) is 34.6 Å². The minimum absolute atomic E-state index is 0.244. The number of hydrogen-bond acceptors (Lipinski definition) is 7. The van der Waals surface area contributed by atoms with Gasteiger partial charge >= 0.3 is 6.09 Å². The first-order valence-electron chi connectivity index (χ1n) is 8.04. The number of carbonyl (C=O) groups is 1. The summed E-state index contributed by atoms with van der Waals surface area (Å²) in [5.74, 6) is 0.738. The standard InChI is InChI=1S/C16H21N5O2S/c1-4-23-16(22)21-7-5-12(6-8-21)19-20-14-13-10(2)11(3)24-15(13)18-9-17-14/h9H,4-8H2,1-3H3,(H,17,18,20). The van der Waals surface area contributed by atoms with Gasteiger partial charge in [0.15, 0.2) is 5.82 Å². The van der Waals surface area contributed by atoms with Gasteiger partial charge in [-0.25, -0.2) is 14.8 Å². The smallest absolute Gasteiger partial charge is 0.409 e. The van der Waals surface area contributed by atoms with Crippen LogP contribution in [-0.2, 0) is 4.74 Å². The molecule has 1 fully saturated rings. The van der Waals surface area contributed by atoms with E-state index in [1.165, 1.54) is 10.4 Å². The van der Waals surface area contributed by atoms with E-state index < -0.39 is 0 Å². The lowest BCUT2D eigenvalue weighted by Crippen LogP contribution is -2.39. The maximum Gasteiger partial charge on any atom is 0.409 e. The Bertz CT molecular complexity index is 776. The van der Waals surface area contributed by atoms with Crippen molar-refractivity contribution < 1.29 is 9.53 Å². The topological polar surface area (TPSA) is 79.7 Å². The van der Waals surface area contributed by atoms with E-state index in [0.29, 0.717) is 19.7 Å². The molecule has 8 heteroatoms. The largest absolute Gasteiger partial charge is 0.450 e. The molecule has 1 amide bonds. The first kappa shape index (κ1) is 16.6. The van der Waals surface area contributed by atoms with E-state index in [1.54, 1.807) is 22.6 Å². The maximum atomic E-state index is 11.7. The fraction of sp³-hybridized carbons (Fsp3) is 0.500. The average molecular weight is 347 g/mol. The van der Waals surface area contributed by atoms with Crippen molar-refractivity contribution in [3.05, 3.63) is 16.8 Å². The van der Waals surface area contributed by atoms with Gasteiger partial charge < -0.3 is 9.64 Å². The number of thiophene rings is 1. The zero-order chi connectivity index (χ0) is 17.1. The Labute approximate surface area is 144 Å². The first-order chi connectivity index (χ1) is 11.6. The van der Waals surface area contributed by atoms with Crippen molar-refractivity contribution in [2.75, 3.05) is 25.1 Å². The Morgan fingerprint density at radius 1 is 1.38 bits per heavy atom. The molecule has 1 aliphatic heterocycles. The Morgan fingerprint density at radius 3 is 2.83 bits per heavy atom. The predicted molar refractivity (Wildman–Crippen MR) is 95.8 cm³/mol. The zero-order valence-electron chi connectivity index (χ0n) is 14.1. The molecule has 0 bridgehead atoms. The van der Waals surface area contributed by atoms with Gasteiger partial charge in [-0.15, -0.1) is 11.3 Å². The highest BCUT2D eigenvalue weighted by atomic mass is 32.1. The lowest BCUT2D eigenvalue weighted by atomic mass is 10.1. The molecule has 7 nitrogen and oxygen atoms in total. The molecule has 0 aliphatic carbocycles. The number of hydrazone groups is 1. The lowest BCUT2D eigenvalue weighted by molar-refractivity contribution is 0.107. The van der Waals surface area contributed by atoms with E-state index >= 15 is 0 Å². The molecule has 1 N–H and O–H groups in total. The molecule has 0 aromatic carbocycles. The number of nitrogens with one attached hydrogen (secondary N) is 1. The van der Waals surface area contributed by atoms with Gasteiger partial charge in [0.25, 0.3) is 0 Å². The number of hydrogen-bond donors (Lipinski definition) is 1. The molecule has 2 aromatic rings. The number of aryl methyl sites for hydroxylation is 2. The molecule has 0 saturated carbocycles. The normalized spacial score (nSPS) is 14.8. The molecular formula is C16H21N5O2S. The Kier molecular flexibility index (Phi) is 4.94. The van der Waals surface area contributed by atoms with Crippen LogP contribution in [0.1, 0.15) is 30.2 Å².